The average Bonchev–Trinajstić information content (AvgIpc) is 3.23. The Morgan fingerprint density at radius 3 is 2.32 bits per heavy atom. The first-order valence-corrected chi connectivity index (χ1v) is 13.4. The topological polar surface area (TPSA) is 114 Å². The van der Waals surface area contributed by atoms with Crippen LogP contribution >= 0.6 is 8.25 Å². The molecule has 10 heteroatoms. The zero-order chi connectivity index (χ0) is 24.4. The Labute approximate surface area is 204 Å². The summed E-state index contributed by atoms with van der Waals surface area (Å²) in [6.07, 6.45) is 22.4. The first-order chi connectivity index (χ1) is 16.6. The summed E-state index contributed by atoms with van der Waals surface area (Å²) in [5.41, 5.74) is 7.00. The van der Waals surface area contributed by atoms with Crippen LogP contribution in [0.15, 0.2) is 12.7 Å². The second-order valence-corrected chi connectivity index (χ2v) is 9.42. The van der Waals surface area contributed by atoms with Gasteiger partial charge in [-0.1, -0.05) is 62.3 Å². The number of hydrogen-bond acceptors (Lipinski definition) is 8. The van der Waals surface area contributed by atoms with E-state index in [4.69, 9.17) is 25.9 Å². The van der Waals surface area contributed by atoms with E-state index in [0.717, 1.165) is 25.7 Å². The third-order valence-corrected chi connectivity index (χ3v) is 6.27. The predicted octanol–water partition coefficient (Wildman–Crippen LogP) is 5.78. The van der Waals surface area contributed by atoms with Crippen LogP contribution in [0.5, 0.6) is 0 Å². The van der Waals surface area contributed by atoms with Gasteiger partial charge in [0.25, 0.3) is 0 Å². The molecule has 2 aromatic heterocycles. The van der Waals surface area contributed by atoms with Crippen LogP contribution in [0.4, 0.5) is 5.82 Å². The molecule has 1 unspecified atom stereocenters. The number of anilines is 1. The van der Waals surface area contributed by atoms with Crippen molar-refractivity contribution < 1.29 is 18.3 Å². The van der Waals surface area contributed by atoms with Crippen LogP contribution in [0.3, 0.4) is 0 Å². The van der Waals surface area contributed by atoms with E-state index < -0.39 is 8.25 Å². The lowest BCUT2D eigenvalue weighted by Gasteiger charge is -2.11. The molecule has 0 saturated heterocycles. The van der Waals surface area contributed by atoms with Crippen molar-refractivity contribution in [3.05, 3.63) is 12.7 Å². The third kappa shape index (κ3) is 11.3. The monoisotopic (exact) mass is 492 g/mol. The van der Waals surface area contributed by atoms with Gasteiger partial charge >= 0.3 is 8.25 Å². The zero-order valence-corrected chi connectivity index (χ0v) is 21.3. The van der Waals surface area contributed by atoms with Crippen molar-refractivity contribution in [2.75, 3.05) is 19.1 Å². The lowest BCUT2D eigenvalue weighted by atomic mass is 10.1. The quantitative estimate of drug-likeness (QED) is 0.107. The molecule has 34 heavy (non-hydrogen) atoms. The van der Waals surface area contributed by atoms with Gasteiger partial charge in [0.05, 0.1) is 19.0 Å². The molecular formula is C24H39N5O4P+. The number of fused-ring (bicyclic) bond motifs is 1. The van der Waals surface area contributed by atoms with Crippen molar-refractivity contribution in [2.45, 2.75) is 96.6 Å². The van der Waals surface area contributed by atoms with Gasteiger partial charge in [0, 0.05) is 11.0 Å². The molecule has 0 bridgehead atoms. The summed E-state index contributed by atoms with van der Waals surface area (Å²) in [5.74, 6) is 3.03. The van der Waals surface area contributed by atoms with Crippen molar-refractivity contribution >= 4 is 25.2 Å². The highest BCUT2D eigenvalue weighted by Crippen LogP contribution is 2.24. The van der Waals surface area contributed by atoms with Gasteiger partial charge in [-0.2, -0.15) is 0 Å². The van der Waals surface area contributed by atoms with Crippen LogP contribution in [0.1, 0.15) is 84.0 Å². The lowest BCUT2D eigenvalue weighted by molar-refractivity contribution is -0.0367. The van der Waals surface area contributed by atoms with Crippen LogP contribution in [-0.2, 0) is 24.9 Å². The van der Waals surface area contributed by atoms with Crippen molar-refractivity contribution in [2.24, 2.45) is 0 Å². The van der Waals surface area contributed by atoms with E-state index in [1.54, 1.807) is 6.33 Å². The molecule has 9 nitrogen and oxygen atoms in total. The molecule has 0 spiro atoms. The summed E-state index contributed by atoms with van der Waals surface area (Å²) < 4.78 is 29.6. The number of rotatable bonds is 20. The standard InChI is InChI=1S/C24H39N5O4P/c1-3-4-5-6-7-8-9-10-11-12-13-14-15-16-32-34(30)33-20-31-21(2)17-29-19-28-22-23(25)26-18-27-24(22)29/h1,18-19,21H,4-17,20H2,2H3,(H2,25,26,27)/q+1/t21-/m1/s1. The van der Waals surface area contributed by atoms with Gasteiger partial charge in [0.15, 0.2) is 11.5 Å². The first kappa shape index (κ1) is 28.1. The Kier molecular flexibility index (Phi) is 14.3. The molecule has 0 aliphatic carbocycles. The summed E-state index contributed by atoms with van der Waals surface area (Å²) in [5, 5.41) is 0. The number of unbranched alkanes of at least 4 members (excludes halogenated alkanes) is 11. The van der Waals surface area contributed by atoms with E-state index in [9.17, 15) is 4.57 Å². The summed E-state index contributed by atoms with van der Waals surface area (Å²) in [4.78, 5) is 12.4. The Hall–Kier alpha value is -2.11. The number of aromatic nitrogens is 4. The molecule has 2 atom stereocenters. The maximum Gasteiger partial charge on any atom is 0.699 e. The molecule has 0 saturated carbocycles. The largest absolute Gasteiger partial charge is 0.699 e. The van der Waals surface area contributed by atoms with E-state index >= 15 is 0 Å². The maximum absolute atomic E-state index is 11.8. The number of ether oxygens (including phenoxy) is 1. The molecule has 0 fully saturated rings. The smallest absolute Gasteiger partial charge is 0.382 e. The molecule has 2 N–H and O–H groups in total. The van der Waals surface area contributed by atoms with E-state index in [1.165, 1.54) is 57.7 Å². The second-order valence-electron chi connectivity index (χ2n) is 8.45. The molecule has 2 rings (SSSR count). The van der Waals surface area contributed by atoms with E-state index in [-0.39, 0.29) is 12.9 Å². The van der Waals surface area contributed by atoms with Crippen molar-refractivity contribution in [3.63, 3.8) is 0 Å². The summed E-state index contributed by atoms with van der Waals surface area (Å²) in [6.45, 7) is 2.71. The first-order valence-electron chi connectivity index (χ1n) is 12.3. The van der Waals surface area contributed by atoms with Gasteiger partial charge in [-0.25, -0.2) is 15.0 Å². The van der Waals surface area contributed by atoms with Gasteiger partial charge in [0.1, 0.15) is 18.5 Å². The number of hydrogen-bond donors (Lipinski definition) is 1. The van der Waals surface area contributed by atoms with Gasteiger partial charge in [-0.15, -0.1) is 16.9 Å². The molecule has 0 aliphatic heterocycles. The minimum atomic E-state index is -2.18. The lowest BCUT2D eigenvalue weighted by Crippen LogP contribution is -2.17. The van der Waals surface area contributed by atoms with Crippen LogP contribution in [-0.4, -0.2) is 39.0 Å². The van der Waals surface area contributed by atoms with Crippen LogP contribution < -0.4 is 5.73 Å². The van der Waals surface area contributed by atoms with Crippen molar-refractivity contribution in [3.8, 4) is 12.3 Å². The van der Waals surface area contributed by atoms with Gasteiger partial charge < -0.3 is 15.0 Å². The summed E-state index contributed by atoms with van der Waals surface area (Å²) in [7, 11) is -2.18. The molecule has 0 radical (unpaired) electrons. The fourth-order valence-electron chi connectivity index (χ4n) is 3.65. The minimum Gasteiger partial charge on any atom is -0.382 e. The van der Waals surface area contributed by atoms with Crippen molar-refractivity contribution in [1.29, 1.82) is 0 Å². The number of imidazole rings is 1. The van der Waals surface area contributed by atoms with Crippen LogP contribution in [0.25, 0.3) is 11.2 Å². The molecule has 2 aromatic rings. The van der Waals surface area contributed by atoms with Gasteiger partial charge in [0.2, 0.25) is 6.79 Å². The van der Waals surface area contributed by atoms with Crippen LogP contribution in [0.2, 0.25) is 0 Å². The number of nitrogen functional groups attached to an aromatic ring is 1. The molecule has 2 heterocycles. The highest BCUT2D eigenvalue weighted by molar-refractivity contribution is 7.33. The number of terminal acetylenes is 1. The molecule has 0 aromatic carbocycles. The molecule has 0 aliphatic rings. The molecule has 188 valence electrons. The van der Waals surface area contributed by atoms with Crippen molar-refractivity contribution in [1.82, 2.24) is 19.5 Å². The third-order valence-electron chi connectivity index (χ3n) is 5.56. The Morgan fingerprint density at radius 2 is 1.65 bits per heavy atom. The summed E-state index contributed by atoms with van der Waals surface area (Å²) >= 11 is 0. The Bertz CT molecular complexity index is 886. The maximum atomic E-state index is 11.8. The van der Waals surface area contributed by atoms with E-state index in [0.29, 0.717) is 30.1 Å². The van der Waals surface area contributed by atoms with E-state index in [2.05, 4.69) is 20.9 Å². The van der Waals surface area contributed by atoms with Gasteiger partial charge in [-0.05, 0) is 19.8 Å². The average molecular weight is 493 g/mol. The highest BCUT2D eigenvalue weighted by Gasteiger charge is 2.21. The minimum absolute atomic E-state index is 0.107. The zero-order valence-electron chi connectivity index (χ0n) is 20.4. The molecular weight excluding hydrogens is 453 g/mol. The fourth-order valence-corrected chi connectivity index (χ4v) is 4.15. The highest BCUT2D eigenvalue weighted by atomic mass is 31.1. The van der Waals surface area contributed by atoms with E-state index in [1.807, 2.05) is 11.5 Å². The Morgan fingerprint density at radius 1 is 1.00 bits per heavy atom. The number of nitrogens with zero attached hydrogens (tertiary/aromatic N) is 4. The second kappa shape index (κ2) is 17.3. The number of nitrogens with two attached hydrogens (primary N) is 1. The fraction of sp³-hybridized carbons (Fsp3) is 0.708. The predicted molar refractivity (Wildman–Crippen MR) is 134 cm³/mol. The molecule has 0 amide bonds. The van der Waals surface area contributed by atoms with Crippen LogP contribution in [0, 0.1) is 12.3 Å². The SMILES string of the molecule is C#CCCCCCCCCCCCCCO[P+](=O)OCO[C@H](C)Cn1cnc2c(N)ncnc21. The van der Waals surface area contributed by atoms with Gasteiger partial charge in [-0.3, -0.25) is 0 Å². The summed E-state index contributed by atoms with van der Waals surface area (Å²) in [6, 6.07) is 0. The normalized spacial score (nSPS) is 12.6. The Balaban J connectivity index is 1.40.